The zero-order chi connectivity index (χ0) is 15.8. The predicted molar refractivity (Wildman–Crippen MR) is 85.0 cm³/mol. The monoisotopic (exact) mass is 303 g/mol. The van der Waals surface area contributed by atoms with Gasteiger partial charge in [0, 0.05) is 13.0 Å². The van der Waals surface area contributed by atoms with Crippen molar-refractivity contribution < 1.29 is 14.3 Å². The third-order valence-corrected chi connectivity index (χ3v) is 4.06. The van der Waals surface area contributed by atoms with Crippen LogP contribution in [0.4, 0.5) is 0 Å². The second kappa shape index (κ2) is 8.57. The van der Waals surface area contributed by atoms with Crippen molar-refractivity contribution in [1.29, 1.82) is 0 Å². The van der Waals surface area contributed by atoms with Crippen molar-refractivity contribution in [2.24, 2.45) is 5.92 Å². The molecule has 1 aromatic rings. The summed E-state index contributed by atoms with van der Waals surface area (Å²) in [5.41, 5.74) is 1.06. The van der Waals surface area contributed by atoms with Gasteiger partial charge in [0.2, 0.25) is 5.91 Å². The summed E-state index contributed by atoms with van der Waals surface area (Å²) in [5, 5.41) is 2.87. The zero-order valence-corrected chi connectivity index (χ0v) is 13.2. The van der Waals surface area contributed by atoms with Gasteiger partial charge < -0.3 is 10.1 Å². The van der Waals surface area contributed by atoms with E-state index in [9.17, 15) is 9.59 Å². The average molecular weight is 303 g/mol. The van der Waals surface area contributed by atoms with Gasteiger partial charge in [0.15, 0.2) is 0 Å². The molecule has 0 bridgehead atoms. The highest BCUT2D eigenvalue weighted by Crippen LogP contribution is 2.27. The van der Waals surface area contributed by atoms with Gasteiger partial charge in [-0.05, 0) is 24.8 Å². The minimum Gasteiger partial charge on any atom is -0.462 e. The Morgan fingerprint density at radius 1 is 1.27 bits per heavy atom. The van der Waals surface area contributed by atoms with E-state index in [0.717, 1.165) is 31.2 Å². The first-order valence-electron chi connectivity index (χ1n) is 8.20. The maximum atomic E-state index is 12.0. The summed E-state index contributed by atoms with van der Waals surface area (Å²) in [6.07, 6.45) is 5.24. The molecule has 1 heterocycles. The molecule has 1 aliphatic heterocycles. The molecule has 1 fully saturated rings. The number of carbonyl (C=O) groups is 2. The number of carbonyl (C=O) groups excluding carboxylic acids is 2. The molecule has 1 aromatic carbocycles. The smallest absolute Gasteiger partial charge is 0.309 e. The Balaban J connectivity index is 1.71. The average Bonchev–Trinajstić information content (AvgIpc) is 2.86. The molecule has 0 spiro atoms. The van der Waals surface area contributed by atoms with Crippen LogP contribution in [0.5, 0.6) is 0 Å². The van der Waals surface area contributed by atoms with Crippen LogP contribution < -0.4 is 5.32 Å². The van der Waals surface area contributed by atoms with Crippen molar-refractivity contribution in [1.82, 2.24) is 5.32 Å². The summed E-state index contributed by atoms with van der Waals surface area (Å²) in [4.78, 5) is 23.8. The number of hydrogen-bond donors (Lipinski definition) is 1. The number of ether oxygens (including phenoxy) is 1. The summed E-state index contributed by atoms with van der Waals surface area (Å²) in [6, 6.07) is 9.76. The van der Waals surface area contributed by atoms with E-state index in [2.05, 4.69) is 12.2 Å². The van der Waals surface area contributed by atoms with Crippen LogP contribution in [0.25, 0.3) is 0 Å². The Morgan fingerprint density at radius 3 is 2.77 bits per heavy atom. The fraction of sp³-hybridized carbons (Fsp3) is 0.556. The van der Waals surface area contributed by atoms with Crippen LogP contribution in [0, 0.1) is 5.92 Å². The molecule has 0 unspecified atom stereocenters. The summed E-state index contributed by atoms with van der Waals surface area (Å²) in [5.74, 6) is -0.571. The quantitative estimate of drug-likeness (QED) is 0.592. The van der Waals surface area contributed by atoms with Crippen molar-refractivity contribution in [3.63, 3.8) is 0 Å². The van der Waals surface area contributed by atoms with Crippen molar-refractivity contribution in [3.05, 3.63) is 35.9 Å². The molecule has 2 atom stereocenters. The lowest BCUT2D eigenvalue weighted by Gasteiger charge is -2.08. The number of hydrogen-bond acceptors (Lipinski definition) is 3. The van der Waals surface area contributed by atoms with E-state index in [-0.39, 0.29) is 30.3 Å². The summed E-state index contributed by atoms with van der Waals surface area (Å²) in [7, 11) is 0. The highest BCUT2D eigenvalue weighted by Gasteiger charge is 2.35. The van der Waals surface area contributed by atoms with E-state index in [0.29, 0.717) is 13.0 Å². The molecule has 0 aliphatic carbocycles. The van der Waals surface area contributed by atoms with Gasteiger partial charge in [0.1, 0.15) is 6.10 Å². The fourth-order valence-corrected chi connectivity index (χ4v) is 2.78. The molecule has 22 heavy (non-hydrogen) atoms. The normalized spacial score (nSPS) is 20.7. The van der Waals surface area contributed by atoms with E-state index in [1.807, 2.05) is 30.3 Å². The minimum absolute atomic E-state index is 0.00553. The number of amides is 1. The maximum Gasteiger partial charge on any atom is 0.309 e. The first-order valence-corrected chi connectivity index (χ1v) is 8.20. The fourth-order valence-electron chi connectivity index (χ4n) is 2.78. The second-order valence-corrected chi connectivity index (χ2v) is 5.95. The van der Waals surface area contributed by atoms with Gasteiger partial charge in [0.05, 0.1) is 5.92 Å². The van der Waals surface area contributed by atoms with E-state index in [4.69, 9.17) is 4.74 Å². The van der Waals surface area contributed by atoms with Crippen LogP contribution in [0.2, 0.25) is 0 Å². The molecule has 1 aliphatic rings. The van der Waals surface area contributed by atoms with Gasteiger partial charge >= 0.3 is 5.97 Å². The van der Waals surface area contributed by atoms with Crippen LogP contribution in [-0.2, 0) is 20.9 Å². The lowest BCUT2D eigenvalue weighted by Crippen LogP contribution is -2.26. The molecule has 0 radical (unpaired) electrons. The van der Waals surface area contributed by atoms with E-state index < -0.39 is 0 Å². The molecule has 0 aromatic heterocycles. The maximum absolute atomic E-state index is 12.0. The van der Waals surface area contributed by atoms with Gasteiger partial charge in [-0.15, -0.1) is 0 Å². The zero-order valence-electron chi connectivity index (χ0n) is 13.2. The number of cyclic esters (lactones) is 1. The van der Waals surface area contributed by atoms with Crippen LogP contribution in [0.15, 0.2) is 30.3 Å². The minimum atomic E-state index is -0.276. The summed E-state index contributed by atoms with van der Waals surface area (Å²) >= 11 is 0. The summed E-state index contributed by atoms with van der Waals surface area (Å²) in [6.45, 7) is 2.65. The largest absolute Gasteiger partial charge is 0.462 e. The Morgan fingerprint density at radius 2 is 2.05 bits per heavy atom. The van der Waals surface area contributed by atoms with Crippen molar-refractivity contribution in [2.45, 2.75) is 58.1 Å². The lowest BCUT2D eigenvalue weighted by molar-refractivity contribution is -0.145. The topological polar surface area (TPSA) is 55.4 Å². The third kappa shape index (κ3) is 5.17. The van der Waals surface area contributed by atoms with E-state index >= 15 is 0 Å². The van der Waals surface area contributed by atoms with Gasteiger partial charge in [-0.2, -0.15) is 0 Å². The standard InChI is InChI=1S/C18H25NO3/c1-2-3-5-10-16-11-15(18(21)22-16)12-17(20)19-13-14-8-6-4-7-9-14/h4,6-9,15-16H,2-3,5,10-13H2,1H3,(H,19,20)/t15-,16+/m1/s1. The van der Waals surface area contributed by atoms with Crippen LogP contribution in [-0.4, -0.2) is 18.0 Å². The van der Waals surface area contributed by atoms with Gasteiger partial charge in [-0.1, -0.05) is 50.1 Å². The van der Waals surface area contributed by atoms with Crippen LogP contribution in [0.3, 0.4) is 0 Å². The Kier molecular flexibility index (Phi) is 6.44. The predicted octanol–water partition coefficient (Wildman–Crippen LogP) is 3.20. The molecule has 1 amide bonds. The first kappa shape index (κ1) is 16.5. The molecule has 4 heteroatoms. The number of rotatable bonds is 8. The van der Waals surface area contributed by atoms with Gasteiger partial charge in [-0.3, -0.25) is 9.59 Å². The number of benzene rings is 1. The van der Waals surface area contributed by atoms with Crippen LogP contribution in [0.1, 0.15) is 51.0 Å². The Bertz CT molecular complexity index is 486. The molecule has 1 N–H and O–H groups in total. The summed E-state index contributed by atoms with van der Waals surface area (Å²) < 4.78 is 5.37. The molecular formula is C18H25NO3. The lowest BCUT2D eigenvalue weighted by atomic mass is 9.98. The van der Waals surface area contributed by atoms with Crippen molar-refractivity contribution in [3.8, 4) is 0 Å². The second-order valence-electron chi connectivity index (χ2n) is 5.95. The van der Waals surface area contributed by atoms with E-state index in [1.54, 1.807) is 0 Å². The third-order valence-electron chi connectivity index (χ3n) is 4.06. The van der Waals surface area contributed by atoms with Gasteiger partial charge in [-0.25, -0.2) is 0 Å². The van der Waals surface area contributed by atoms with Gasteiger partial charge in [0.25, 0.3) is 0 Å². The van der Waals surface area contributed by atoms with Crippen molar-refractivity contribution in [2.75, 3.05) is 0 Å². The number of nitrogens with one attached hydrogen (secondary N) is 1. The highest BCUT2D eigenvalue weighted by molar-refractivity contribution is 5.84. The molecule has 4 nitrogen and oxygen atoms in total. The van der Waals surface area contributed by atoms with E-state index in [1.165, 1.54) is 0 Å². The highest BCUT2D eigenvalue weighted by atomic mass is 16.5. The molecule has 0 saturated carbocycles. The number of esters is 1. The SMILES string of the molecule is CCCCC[C@H]1C[C@H](CC(=O)NCc2ccccc2)C(=O)O1. The Hall–Kier alpha value is -1.84. The molecule has 120 valence electrons. The molecule has 1 saturated heterocycles. The Labute approximate surface area is 132 Å². The molecular weight excluding hydrogens is 278 g/mol. The van der Waals surface area contributed by atoms with Crippen LogP contribution >= 0.6 is 0 Å². The van der Waals surface area contributed by atoms with Crippen molar-refractivity contribution >= 4 is 11.9 Å². The number of unbranched alkanes of at least 4 members (excludes halogenated alkanes) is 2. The first-order chi connectivity index (χ1) is 10.7. The molecule has 2 rings (SSSR count).